The van der Waals surface area contributed by atoms with Crippen LogP contribution in [-0.4, -0.2) is 37.0 Å². The van der Waals surface area contributed by atoms with Crippen molar-refractivity contribution in [2.24, 2.45) is 0 Å². The van der Waals surface area contributed by atoms with Gasteiger partial charge in [-0.3, -0.25) is 19.0 Å². The zero-order chi connectivity index (χ0) is 25.2. The first-order valence-corrected chi connectivity index (χ1v) is 11.9. The molecular formula is C26H26N6O4. The number of hydrogen-bond donors (Lipinski definition) is 1. The van der Waals surface area contributed by atoms with Gasteiger partial charge in [-0.1, -0.05) is 42.5 Å². The molecule has 1 saturated heterocycles. The van der Waals surface area contributed by atoms with Crippen molar-refractivity contribution in [2.45, 2.75) is 39.4 Å². The number of aromatic nitrogens is 4. The molecule has 1 aliphatic rings. The highest BCUT2D eigenvalue weighted by molar-refractivity contribution is 6.02. The van der Waals surface area contributed by atoms with Crippen LogP contribution in [0, 0.1) is 0 Å². The molecule has 0 saturated carbocycles. The van der Waals surface area contributed by atoms with Crippen molar-refractivity contribution in [2.75, 3.05) is 16.8 Å². The summed E-state index contributed by atoms with van der Waals surface area (Å²) < 4.78 is 4.03. The third-order valence-electron chi connectivity index (χ3n) is 6.35. The first-order valence-electron chi connectivity index (χ1n) is 11.9. The number of imidazole rings is 1. The minimum Gasteiger partial charge on any atom is -0.325 e. The summed E-state index contributed by atoms with van der Waals surface area (Å²) in [5.74, 6) is -0.545. The lowest BCUT2D eigenvalue weighted by molar-refractivity contribution is -0.118. The molecule has 0 aliphatic carbocycles. The molecule has 2 aromatic heterocycles. The lowest BCUT2D eigenvalue weighted by atomic mass is 10.2. The maximum absolute atomic E-state index is 13.5. The van der Waals surface area contributed by atoms with Crippen LogP contribution in [-0.2, 0) is 29.2 Å². The number of fused-ring (bicyclic) bond motifs is 1. The third kappa shape index (κ3) is 4.21. The van der Waals surface area contributed by atoms with E-state index < -0.39 is 23.7 Å². The van der Waals surface area contributed by atoms with Gasteiger partial charge in [-0.25, -0.2) is 14.3 Å². The van der Waals surface area contributed by atoms with Gasteiger partial charge in [0.25, 0.3) is 5.56 Å². The number of para-hydroxylation sites is 2. The molecule has 36 heavy (non-hydrogen) atoms. The summed E-state index contributed by atoms with van der Waals surface area (Å²) in [6, 6.07) is 16.4. The zero-order valence-electron chi connectivity index (χ0n) is 19.9. The number of nitrogens with zero attached hydrogens (tertiary/aromatic N) is 5. The van der Waals surface area contributed by atoms with Crippen LogP contribution < -0.4 is 21.5 Å². The van der Waals surface area contributed by atoms with Crippen molar-refractivity contribution in [1.29, 1.82) is 0 Å². The topological polar surface area (TPSA) is 111 Å². The smallest absolute Gasteiger partial charge is 0.325 e. The van der Waals surface area contributed by atoms with Crippen molar-refractivity contribution in [3.63, 3.8) is 0 Å². The van der Waals surface area contributed by atoms with Crippen LogP contribution in [0.3, 0.4) is 0 Å². The molecule has 0 spiro atoms. The molecule has 3 heterocycles. The van der Waals surface area contributed by atoms with Crippen molar-refractivity contribution >= 4 is 34.4 Å². The van der Waals surface area contributed by atoms with Gasteiger partial charge in [-0.05, 0) is 31.0 Å². The number of hydrogen-bond acceptors (Lipinski definition) is 5. The number of amides is 2. The highest BCUT2D eigenvalue weighted by Crippen LogP contribution is 2.29. The Balaban J connectivity index is 1.52. The number of carbonyl (C=O) groups excluding carboxylic acids is 2. The molecule has 10 heteroatoms. The first kappa shape index (κ1) is 23.3. The average Bonchev–Trinajstić information content (AvgIpc) is 3.51. The van der Waals surface area contributed by atoms with E-state index >= 15 is 0 Å². The molecule has 0 bridgehead atoms. The van der Waals surface area contributed by atoms with E-state index in [9.17, 15) is 19.2 Å². The molecule has 1 aliphatic heterocycles. The summed E-state index contributed by atoms with van der Waals surface area (Å²) in [5.41, 5.74) is 1.28. The molecule has 0 atom stereocenters. The largest absolute Gasteiger partial charge is 0.333 e. The van der Waals surface area contributed by atoms with E-state index in [0.717, 1.165) is 16.6 Å². The van der Waals surface area contributed by atoms with Gasteiger partial charge in [0.15, 0.2) is 11.2 Å². The number of aryl methyl sites for hydroxylation is 1. The summed E-state index contributed by atoms with van der Waals surface area (Å²) in [7, 11) is 0. The summed E-state index contributed by atoms with van der Waals surface area (Å²) in [6.45, 7) is 2.67. The number of rotatable bonds is 7. The van der Waals surface area contributed by atoms with Crippen LogP contribution in [0.1, 0.15) is 25.3 Å². The standard InChI is InChI=1S/C26H26N6O4/c1-2-29-17-27-24-23(29)25(35)32(26(36)31(24)15-18-9-4-3-5-10-18)16-21(33)28-19-11-6-7-12-20(19)30-14-8-13-22(30)34/h3-7,9-12,17H,2,8,13-16H2,1H3,(H,28,33). The highest BCUT2D eigenvalue weighted by atomic mass is 16.2. The van der Waals surface area contributed by atoms with E-state index in [1.807, 2.05) is 37.3 Å². The predicted molar refractivity (Wildman–Crippen MR) is 136 cm³/mol. The number of nitrogens with one attached hydrogen (secondary N) is 1. The fraction of sp³-hybridized carbons (Fsp3) is 0.269. The van der Waals surface area contributed by atoms with E-state index in [1.54, 1.807) is 33.7 Å². The van der Waals surface area contributed by atoms with Crippen molar-refractivity contribution in [1.82, 2.24) is 18.7 Å². The Morgan fingerprint density at radius 3 is 2.47 bits per heavy atom. The second kappa shape index (κ2) is 9.65. The van der Waals surface area contributed by atoms with Gasteiger partial charge in [-0.15, -0.1) is 0 Å². The van der Waals surface area contributed by atoms with E-state index in [-0.39, 0.29) is 23.6 Å². The Kier molecular flexibility index (Phi) is 6.24. The molecule has 0 radical (unpaired) electrons. The Labute approximate surface area is 206 Å². The number of anilines is 2. The summed E-state index contributed by atoms with van der Waals surface area (Å²) in [4.78, 5) is 58.1. The van der Waals surface area contributed by atoms with Crippen LogP contribution in [0.4, 0.5) is 11.4 Å². The molecule has 184 valence electrons. The molecule has 10 nitrogen and oxygen atoms in total. The van der Waals surface area contributed by atoms with E-state index in [1.165, 1.54) is 10.9 Å². The van der Waals surface area contributed by atoms with Crippen molar-refractivity contribution < 1.29 is 9.59 Å². The van der Waals surface area contributed by atoms with Gasteiger partial charge in [0.05, 0.1) is 24.2 Å². The Morgan fingerprint density at radius 2 is 1.75 bits per heavy atom. The molecule has 0 unspecified atom stereocenters. The zero-order valence-corrected chi connectivity index (χ0v) is 19.9. The quantitative estimate of drug-likeness (QED) is 0.431. The Morgan fingerprint density at radius 1 is 1.00 bits per heavy atom. The Bertz CT molecular complexity index is 1570. The molecule has 1 N–H and O–H groups in total. The minimum atomic E-state index is -0.615. The van der Waals surface area contributed by atoms with Crippen LogP contribution >= 0.6 is 0 Å². The third-order valence-corrected chi connectivity index (χ3v) is 6.35. The number of benzene rings is 2. The summed E-state index contributed by atoms with van der Waals surface area (Å²) in [6.07, 6.45) is 2.74. The maximum Gasteiger partial charge on any atom is 0.333 e. The van der Waals surface area contributed by atoms with Gasteiger partial charge in [-0.2, -0.15) is 0 Å². The molecule has 2 amide bonds. The van der Waals surface area contributed by atoms with Crippen LogP contribution in [0.2, 0.25) is 0 Å². The van der Waals surface area contributed by atoms with Gasteiger partial charge in [0.2, 0.25) is 11.8 Å². The second-order valence-electron chi connectivity index (χ2n) is 8.66. The molecule has 2 aromatic carbocycles. The van der Waals surface area contributed by atoms with Crippen molar-refractivity contribution in [3.8, 4) is 0 Å². The van der Waals surface area contributed by atoms with E-state index in [4.69, 9.17) is 0 Å². The lowest BCUT2D eigenvalue weighted by Crippen LogP contribution is -2.43. The SMILES string of the molecule is CCn1cnc2c1c(=O)n(CC(=O)Nc1ccccc1N1CCCC1=O)c(=O)n2Cc1ccccc1. The minimum absolute atomic E-state index is 0.00463. The van der Waals surface area contributed by atoms with Gasteiger partial charge < -0.3 is 14.8 Å². The van der Waals surface area contributed by atoms with E-state index in [0.29, 0.717) is 30.9 Å². The monoisotopic (exact) mass is 486 g/mol. The van der Waals surface area contributed by atoms with E-state index in [2.05, 4.69) is 10.3 Å². The van der Waals surface area contributed by atoms with Crippen LogP contribution in [0.25, 0.3) is 11.2 Å². The van der Waals surface area contributed by atoms with Gasteiger partial charge >= 0.3 is 5.69 Å². The molecule has 4 aromatic rings. The molecular weight excluding hydrogens is 460 g/mol. The van der Waals surface area contributed by atoms with Gasteiger partial charge in [0, 0.05) is 19.5 Å². The summed E-state index contributed by atoms with van der Waals surface area (Å²) in [5, 5.41) is 2.79. The lowest BCUT2D eigenvalue weighted by Gasteiger charge is -2.20. The van der Waals surface area contributed by atoms with Crippen molar-refractivity contribution in [3.05, 3.63) is 87.3 Å². The maximum atomic E-state index is 13.5. The highest BCUT2D eigenvalue weighted by Gasteiger charge is 2.25. The Hall–Kier alpha value is -4.47. The second-order valence-corrected chi connectivity index (χ2v) is 8.66. The average molecular weight is 487 g/mol. The number of carbonyl (C=O) groups is 2. The normalized spacial score (nSPS) is 13.5. The molecule has 1 fully saturated rings. The fourth-order valence-electron chi connectivity index (χ4n) is 4.58. The summed E-state index contributed by atoms with van der Waals surface area (Å²) >= 11 is 0. The fourth-order valence-corrected chi connectivity index (χ4v) is 4.58. The van der Waals surface area contributed by atoms with Crippen LogP contribution in [0.5, 0.6) is 0 Å². The van der Waals surface area contributed by atoms with Gasteiger partial charge in [0.1, 0.15) is 6.54 Å². The van der Waals surface area contributed by atoms with Crippen LogP contribution in [0.15, 0.2) is 70.5 Å². The predicted octanol–water partition coefficient (Wildman–Crippen LogP) is 2.19. The molecule has 5 rings (SSSR count). The first-order chi connectivity index (χ1) is 17.5.